The lowest BCUT2D eigenvalue weighted by atomic mass is 9.33. The molecule has 8 heteroatoms. The molecule has 135 heavy (non-hydrogen) atoms. The van der Waals surface area contributed by atoms with Crippen LogP contribution in [0.5, 0.6) is 0 Å². The second-order valence-electron chi connectivity index (χ2n) is 54.3. The number of fused-ring (bicyclic) bond motifs is 16. The highest BCUT2D eigenvalue weighted by atomic mass is 32.1. The van der Waals surface area contributed by atoms with Crippen LogP contribution in [0, 0.1) is 12.8 Å². The molecule has 0 saturated carbocycles. The average molecular weight is 1820 g/mol. The van der Waals surface area contributed by atoms with Crippen LogP contribution >= 0.6 is 22.7 Å². The molecule has 2 aromatic heterocycles. The standard InChI is InChI=1S/C127H150B2N4S2/c1-74-56-102-110-103(57-74)131(83-45-40-76(41-46-83)114(2,3)4)112-109(128(110)97-66-91-93(122(23,24)53-51-120(91,19)20)68-100(97)130(102)85-59-79(117(11,12)13)58-80(60-85)118(14,15)16)88-65-90-96(71-107(88)135-112)127(33,34)82(73-126(90,31)32)72-125(29,30)81-62-104-111-105(63-81)133(99-49-44-78(116(8,9)10)61-86(99)75-38-36-35-37-39-75)101-69-94-92(121(21,22)52-54-123(94,25)26)67-98(101)129(111)108-87-64-89-95(124(27,28)55-50-119(89,17)18)70-106(87)134-113(108)132(104)84-47-42-77(43-48-84)115(5,6)7/h35-49,56-71,82H,50-55,72-73H2,1-34H3. The highest BCUT2D eigenvalue weighted by molar-refractivity contribution is 7.27. The third-order valence-electron chi connectivity index (χ3n) is 35.4. The molecule has 11 aromatic carbocycles. The zero-order chi connectivity index (χ0) is 96.5. The Morgan fingerprint density at radius 3 is 1.09 bits per heavy atom. The van der Waals surface area contributed by atoms with Crippen LogP contribution in [-0.2, 0) is 75.8 Å². The Bertz CT molecular complexity index is 7100. The van der Waals surface area contributed by atoms with E-state index in [0.29, 0.717) is 5.92 Å². The van der Waals surface area contributed by atoms with Crippen molar-refractivity contribution in [2.75, 3.05) is 19.6 Å². The minimum Gasteiger partial charge on any atom is -0.311 e. The normalized spacial score (nSPS) is 19.5. The van der Waals surface area contributed by atoms with E-state index in [1.54, 1.807) is 0 Å². The topological polar surface area (TPSA) is 13.0 Å². The summed E-state index contributed by atoms with van der Waals surface area (Å²) in [6, 6.07) is 79.0. The molecule has 4 aliphatic carbocycles. The summed E-state index contributed by atoms with van der Waals surface area (Å²) in [5, 5.41) is 5.53. The molecule has 0 bridgehead atoms. The van der Waals surface area contributed by atoms with Gasteiger partial charge in [0.1, 0.15) is 0 Å². The third kappa shape index (κ3) is 14.4. The van der Waals surface area contributed by atoms with Crippen molar-refractivity contribution in [3.63, 3.8) is 0 Å². The van der Waals surface area contributed by atoms with Gasteiger partial charge in [0.15, 0.2) is 0 Å². The monoisotopic (exact) mass is 1820 g/mol. The summed E-state index contributed by atoms with van der Waals surface area (Å²) in [7, 11) is 0. The van der Waals surface area contributed by atoms with Crippen molar-refractivity contribution in [2.24, 2.45) is 5.92 Å². The fraction of sp³-hybridized carbons (Fsp3) is 0.449. The molecule has 13 aromatic rings. The zero-order valence-corrected chi connectivity index (χ0v) is 90.0. The predicted molar refractivity (Wildman–Crippen MR) is 593 cm³/mol. The maximum atomic E-state index is 2.84. The summed E-state index contributed by atoms with van der Waals surface area (Å²) in [5.74, 6) is 0.290. The number of aryl methyl sites for hydroxylation is 1. The molecule has 0 spiro atoms. The highest BCUT2D eigenvalue weighted by Gasteiger charge is 2.55. The van der Waals surface area contributed by atoms with E-state index in [1.807, 2.05) is 0 Å². The van der Waals surface area contributed by atoms with E-state index in [0.717, 1.165) is 44.9 Å². The van der Waals surface area contributed by atoms with Crippen molar-refractivity contribution in [1.82, 2.24) is 0 Å². The molecule has 0 fully saturated rings. The van der Waals surface area contributed by atoms with E-state index < -0.39 is 0 Å². The van der Waals surface area contributed by atoms with E-state index in [4.69, 9.17) is 0 Å². The second kappa shape index (κ2) is 29.6. The summed E-state index contributed by atoms with van der Waals surface area (Å²) < 4.78 is 2.78. The summed E-state index contributed by atoms with van der Waals surface area (Å²) in [6.45, 7) is 84.3. The Balaban J connectivity index is 0.792. The Kier molecular flexibility index (Phi) is 20.2. The van der Waals surface area contributed by atoms with Gasteiger partial charge in [-0.25, -0.2) is 0 Å². The van der Waals surface area contributed by atoms with Gasteiger partial charge in [-0.15, -0.1) is 22.7 Å². The lowest BCUT2D eigenvalue weighted by Gasteiger charge is -2.50. The highest BCUT2D eigenvalue weighted by Crippen LogP contribution is 2.62. The summed E-state index contributed by atoms with van der Waals surface area (Å²) in [4.78, 5) is 11.1. The van der Waals surface area contributed by atoms with Crippen molar-refractivity contribution < 1.29 is 0 Å². The number of nitrogens with zero attached hydrogens (tertiary/aromatic N) is 4. The lowest BCUT2D eigenvalue weighted by molar-refractivity contribution is 0.173. The fourth-order valence-corrected chi connectivity index (χ4v) is 28.7. The van der Waals surface area contributed by atoms with Crippen molar-refractivity contribution in [3.8, 4) is 11.1 Å². The van der Waals surface area contributed by atoms with Gasteiger partial charge < -0.3 is 19.6 Å². The van der Waals surface area contributed by atoms with Crippen LogP contribution in [0.25, 0.3) is 31.3 Å². The molecule has 6 heterocycles. The summed E-state index contributed by atoms with van der Waals surface area (Å²) in [5.41, 5.74) is 44.1. The molecule has 0 N–H and O–H groups in total. The Morgan fingerprint density at radius 1 is 0.296 bits per heavy atom. The average Bonchev–Trinajstić information content (AvgIpc) is 1.37. The van der Waals surface area contributed by atoms with E-state index in [-0.39, 0.29) is 89.2 Å². The number of thiophene rings is 2. The van der Waals surface area contributed by atoms with E-state index in [2.05, 4.69) is 466 Å². The zero-order valence-electron chi connectivity index (χ0n) is 88.4. The van der Waals surface area contributed by atoms with Crippen LogP contribution in [0.15, 0.2) is 188 Å². The molecule has 0 saturated heterocycles. The lowest BCUT2D eigenvalue weighted by Crippen LogP contribution is -2.61. The van der Waals surface area contributed by atoms with E-state index >= 15 is 0 Å². The molecular weight excluding hydrogens is 1670 g/mol. The molecule has 4 nitrogen and oxygen atoms in total. The molecule has 1 unspecified atom stereocenters. The minimum absolute atomic E-state index is 0.0103. The molecule has 0 radical (unpaired) electrons. The summed E-state index contributed by atoms with van der Waals surface area (Å²) in [6.07, 6.45) is 8.91. The van der Waals surface area contributed by atoms with Crippen LogP contribution in [0.2, 0.25) is 0 Å². The first-order chi connectivity index (χ1) is 62.6. The van der Waals surface area contributed by atoms with E-state index in [1.165, 1.54) is 221 Å². The van der Waals surface area contributed by atoms with Gasteiger partial charge >= 0.3 is 0 Å². The molecule has 1 atom stereocenters. The van der Waals surface area contributed by atoms with Crippen molar-refractivity contribution in [1.29, 1.82) is 0 Å². The van der Waals surface area contributed by atoms with Gasteiger partial charge in [0.2, 0.25) is 0 Å². The predicted octanol–water partition coefficient (Wildman–Crippen LogP) is 32.7. The number of hydrogen-bond donors (Lipinski definition) is 0. The van der Waals surface area contributed by atoms with Crippen LogP contribution < -0.4 is 52.4 Å². The van der Waals surface area contributed by atoms with Gasteiger partial charge in [-0.1, -0.05) is 307 Å². The molecule has 21 rings (SSSR count). The van der Waals surface area contributed by atoms with Crippen LogP contribution in [-0.4, -0.2) is 13.4 Å². The minimum atomic E-state index is -0.356. The SMILES string of the molecule is Cc1cc2c3c(c1)N(c1ccc(C(C)(C)C)cc1)c1sc4cc5c(cc4c1B3c1cc3c(cc1N2c1cc(C(C)(C)C)cc(C(C)(C)C)c1)C(C)(C)CCC3(C)C)C(C)(C)CC(CC(C)(C)c1cc2c3c(c1)N(c1ccc(C(C)(C)C)cc1)c1sc4cc6c(cc4c1B3c1cc3c(cc1N2c1ccc(C(C)(C)C)cc1-c1ccccc1)C(C)(C)CCC3(C)C)C(C)(C)CCC6(C)C)C5(C)C. The molecule has 0 amide bonds. The molecular formula is C127H150B2N4S2. The first-order valence-corrected chi connectivity index (χ1v) is 53.0. The Morgan fingerprint density at radius 2 is 0.659 bits per heavy atom. The van der Waals surface area contributed by atoms with Gasteiger partial charge in [-0.2, -0.15) is 0 Å². The quantitative estimate of drug-likeness (QED) is 0.141. The van der Waals surface area contributed by atoms with Crippen LogP contribution in [0.4, 0.5) is 66.9 Å². The van der Waals surface area contributed by atoms with Crippen molar-refractivity contribution in [2.45, 2.75) is 363 Å². The third-order valence-corrected chi connectivity index (χ3v) is 37.7. The van der Waals surface area contributed by atoms with Gasteiger partial charge in [0.25, 0.3) is 13.4 Å². The number of benzene rings is 11. The fourth-order valence-electron chi connectivity index (χ4n) is 26.1. The van der Waals surface area contributed by atoms with Crippen molar-refractivity contribution in [3.05, 3.63) is 272 Å². The van der Waals surface area contributed by atoms with Crippen molar-refractivity contribution >= 4 is 156 Å². The van der Waals surface area contributed by atoms with Crippen LogP contribution in [0.3, 0.4) is 0 Å². The maximum absolute atomic E-state index is 2.84. The molecule has 4 aliphatic heterocycles. The van der Waals surface area contributed by atoms with Crippen LogP contribution in [0.1, 0.15) is 363 Å². The first kappa shape index (κ1) is 92.0. The summed E-state index contributed by atoms with van der Waals surface area (Å²) >= 11 is 4.12. The second-order valence-corrected chi connectivity index (χ2v) is 56.4. The number of anilines is 12. The van der Waals surface area contributed by atoms with Gasteiger partial charge in [-0.05, 0) is 382 Å². The van der Waals surface area contributed by atoms with Gasteiger partial charge in [0, 0.05) is 66.1 Å². The number of rotatable bonds is 8. The Labute approximate surface area is 820 Å². The largest absolute Gasteiger partial charge is 0.311 e. The smallest absolute Gasteiger partial charge is 0.254 e. The van der Waals surface area contributed by atoms with Gasteiger partial charge in [-0.3, -0.25) is 0 Å². The first-order valence-electron chi connectivity index (χ1n) is 51.4. The van der Waals surface area contributed by atoms with E-state index in [9.17, 15) is 0 Å². The molecule has 696 valence electrons. The maximum Gasteiger partial charge on any atom is 0.254 e. The number of hydrogen-bond acceptors (Lipinski definition) is 6. The Hall–Kier alpha value is -9.33. The molecule has 8 aliphatic rings. The van der Waals surface area contributed by atoms with Gasteiger partial charge in [0.05, 0.1) is 15.7 Å².